The Morgan fingerprint density at radius 3 is 2.04 bits per heavy atom. The van der Waals surface area contributed by atoms with Gasteiger partial charge in [-0.2, -0.15) is 0 Å². The molecule has 2 N–H and O–H groups in total. The summed E-state index contributed by atoms with van der Waals surface area (Å²) in [4.78, 5) is 55.0. The maximum atomic E-state index is 15.5. The Bertz CT molecular complexity index is 1410. The maximum absolute atomic E-state index is 15.5. The second-order valence-electron chi connectivity index (χ2n) is 14.3. The number of benzene rings is 1. The Morgan fingerprint density at radius 2 is 1.56 bits per heavy atom. The lowest BCUT2D eigenvalue weighted by molar-refractivity contribution is -0.335. The molecule has 3 aliphatic rings. The van der Waals surface area contributed by atoms with Crippen molar-refractivity contribution in [2.45, 2.75) is 123 Å². The molecule has 1 aromatic rings. The van der Waals surface area contributed by atoms with E-state index in [1.165, 1.54) is 13.8 Å². The summed E-state index contributed by atoms with van der Waals surface area (Å²) in [6.45, 7) is 14.6. The largest absolute Gasteiger partial charge is 0.455 e. The molecule has 2 saturated carbocycles. The number of Topliss-reactive ketones (excluding diaryl/α,β-unsaturated/α-hetero) is 1. The molecule has 1 aromatic carbocycles. The molecule has 0 bridgehead atoms. The molecule has 0 spiro atoms. The standard InChI is InChI=1S/C36H52O11Si/c1-10-48(11-2,12-3)47-25-18-26-36(20-43-26,46-23(6)39)30-29(45-33(42)24-16-14-13-15-17-24)31(40)34(7,8)27(21(4)19-37)28(44-22(5)38)32(41)35(25,30)9/h13-17,25-26,28-31,37,40H,10-12,18-20H2,1-9H3/b27-21-/t25-,26+,28+,29-,30-,31-,35+,36-/m0/s1. The Labute approximate surface area is 284 Å². The van der Waals surface area contributed by atoms with E-state index in [4.69, 9.17) is 23.4 Å². The summed E-state index contributed by atoms with van der Waals surface area (Å²) in [7, 11) is -2.47. The van der Waals surface area contributed by atoms with Gasteiger partial charge in [0.25, 0.3) is 0 Å². The molecule has 0 radical (unpaired) electrons. The highest BCUT2D eigenvalue weighted by Gasteiger charge is 2.76. The lowest BCUT2D eigenvalue weighted by atomic mass is 9.48. The fourth-order valence-electron chi connectivity index (χ4n) is 8.44. The number of hydrogen-bond donors (Lipinski definition) is 2. The van der Waals surface area contributed by atoms with Crippen LogP contribution in [0.5, 0.6) is 0 Å². The molecule has 1 aliphatic heterocycles. The molecule has 0 amide bonds. The summed E-state index contributed by atoms with van der Waals surface area (Å²) in [6.07, 6.45) is -5.94. The highest BCUT2D eigenvalue weighted by atomic mass is 28.4. The summed E-state index contributed by atoms with van der Waals surface area (Å²) in [6, 6.07) is 10.6. The minimum atomic E-state index is -2.47. The maximum Gasteiger partial charge on any atom is 0.338 e. The van der Waals surface area contributed by atoms with E-state index in [2.05, 4.69) is 20.8 Å². The van der Waals surface area contributed by atoms with E-state index in [0.717, 1.165) is 18.1 Å². The van der Waals surface area contributed by atoms with Gasteiger partial charge in [0.15, 0.2) is 25.8 Å². The van der Waals surface area contributed by atoms with E-state index in [0.29, 0.717) is 5.57 Å². The number of aliphatic hydroxyl groups excluding tert-OH is 2. The monoisotopic (exact) mass is 688 g/mol. The van der Waals surface area contributed by atoms with Gasteiger partial charge >= 0.3 is 17.9 Å². The minimum Gasteiger partial charge on any atom is -0.455 e. The third-order valence-corrected chi connectivity index (χ3v) is 16.0. The summed E-state index contributed by atoms with van der Waals surface area (Å²) in [5.74, 6) is -3.86. The first-order valence-corrected chi connectivity index (χ1v) is 19.5. The van der Waals surface area contributed by atoms with Crippen molar-refractivity contribution >= 4 is 32.0 Å². The number of carbonyl (C=O) groups is 4. The zero-order valence-corrected chi connectivity index (χ0v) is 30.7. The molecule has 11 nitrogen and oxygen atoms in total. The van der Waals surface area contributed by atoms with E-state index in [1.807, 2.05) is 0 Å². The fourth-order valence-corrected chi connectivity index (χ4v) is 11.4. The Balaban J connectivity index is 2.10. The van der Waals surface area contributed by atoms with Crippen molar-refractivity contribution in [2.24, 2.45) is 16.7 Å². The first kappa shape index (κ1) is 37.9. The summed E-state index contributed by atoms with van der Waals surface area (Å²) < 4.78 is 31.5. The Kier molecular flexibility index (Phi) is 11.2. The number of ether oxygens (including phenoxy) is 4. The minimum absolute atomic E-state index is 0.113. The van der Waals surface area contributed by atoms with Crippen LogP contribution in [0.4, 0.5) is 0 Å². The van der Waals surface area contributed by atoms with Gasteiger partial charge in [-0.3, -0.25) is 14.4 Å². The van der Waals surface area contributed by atoms with Gasteiger partial charge in [0.1, 0.15) is 18.3 Å². The lowest BCUT2D eigenvalue weighted by Crippen LogP contribution is -2.80. The second-order valence-corrected chi connectivity index (χ2v) is 19.0. The Morgan fingerprint density at radius 1 is 0.958 bits per heavy atom. The average Bonchev–Trinajstić information content (AvgIpc) is 3.04. The molecule has 12 heteroatoms. The molecule has 3 fully saturated rings. The van der Waals surface area contributed by atoms with Crippen molar-refractivity contribution in [1.29, 1.82) is 0 Å². The van der Waals surface area contributed by atoms with Crippen LogP contribution in [0.1, 0.15) is 79.1 Å². The molecule has 1 saturated heterocycles. The van der Waals surface area contributed by atoms with Crippen molar-refractivity contribution in [3.63, 3.8) is 0 Å². The molecule has 8 atom stereocenters. The highest BCUT2D eigenvalue weighted by molar-refractivity contribution is 6.73. The quantitative estimate of drug-likeness (QED) is 0.154. The summed E-state index contributed by atoms with van der Waals surface area (Å²) in [5, 5.41) is 23.0. The molecule has 4 rings (SSSR count). The molecule has 0 aromatic heterocycles. The van der Waals surface area contributed by atoms with Crippen molar-refractivity contribution in [3.8, 4) is 0 Å². The van der Waals surface area contributed by atoms with Gasteiger partial charge in [0, 0.05) is 25.7 Å². The summed E-state index contributed by atoms with van der Waals surface area (Å²) in [5.41, 5.74) is -3.81. The normalized spacial score (nSPS) is 33.9. The van der Waals surface area contributed by atoms with Gasteiger partial charge in [-0.05, 0) is 55.3 Å². The van der Waals surface area contributed by atoms with Gasteiger partial charge in [-0.15, -0.1) is 0 Å². The van der Waals surface area contributed by atoms with E-state index in [9.17, 15) is 24.6 Å². The molecule has 48 heavy (non-hydrogen) atoms. The van der Waals surface area contributed by atoms with Gasteiger partial charge < -0.3 is 33.6 Å². The van der Waals surface area contributed by atoms with E-state index >= 15 is 4.79 Å². The van der Waals surface area contributed by atoms with Crippen LogP contribution in [0.25, 0.3) is 0 Å². The number of aliphatic hydroxyl groups is 2. The molecule has 0 unspecified atom stereocenters. The molecular weight excluding hydrogens is 636 g/mol. The number of rotatable bonds is 10. The van der Waals surface area contributed by atoms with Crippen LogP contribution in [0.15, 0.2) is 41.5 Å². The smallest absolute Gasteiger partial charge is 0.338 e. The first-order valence-electron chi connectivity index (χ1n) is 16.9. The SMILES string of the molecule is CC[Si](CC)(CC)O[C@H]1C[C@H]2OC[C@@]2(OC(C)=O)[C@H]2[C@H](OC(=O)c3ccccc3)[C@H](O)C(C)(C)/C(=C(/C)CO)[C@@H](OC(C)=O)C(=O)[C@]12C. The van der Waals surface area contributed by atoms with Crippen LogP contribution >= 0.6 is 0 Å². The number of carbonyl (C=O) groups excluding carboxylic acids is 4. The van der Waals surface area contributed by atoms with E-state index in [-0.39, 0.29) is 24.2 Å². The second kappa shape index (κ2) is 14.1. The summed E-state index contributed by atoms with van der Waals surface area (Å²) >= 11 is 0. The topological polar surface area (TPSA) is 155 Å². The zero-order chi connectivity index (χ0) is 35.8. The lowest BCUT2D eigenvalue weighted by Gasteiger charge is -2.66. The van der Waals surface area contributed by atoms with Crippen molar-refractivity contribution in [1.82, 2.24) is 0 Å². The van der Waals surface area contributed by atoms with Crippen molar-refractivity contribution in [3.05, 3.63) is 47.0 Å². The van der Waals surface area contributed by atoms with Crippen LogP contribution in [0, 0.1) is 16.7 Å². The number of hydrogen-bond acceptors (Lipinski definition) is 11. The number of ketones is 1. The predicted molar refractivity (Wildman–Crippen MR) is 178 cm³/mol. The van der Waals surface area contributed by atoms with Crippen molar-refractivity contribution < 1.29 is 52.8 Å². The van der Waals surface area contributed by atoms with E-state index in [1.54, 1.807) is 58.0 Å². The zero-order valence-electron chi connectivity index (χ0n) is 29.7. The molecular formula is C36H52O11Si. The van der Waals surface area contributed by atoms with Gasteiger partial charge in [0.05, 0.1) is 36.2 Å². The number of fused-ring (bicyclic) bond motifs is 3. The average molecular weight is 689 g/mol. The fraction of sp³-hybridized carbons (Fsp3) is 0.667. The Hall–Kier alpha value is -2.90. The van der Waals surface area contributed by atoms with Gasteiger partial charge in [-0.1, -0.05) is 52.8 Å². The first-order chi connectivity index (χ1) is 22.5. The molecule has 1 heterocycles. The third kappa shape index (κ3) is 6.30. The van der Waals surface area contributed by atoms with Gasteiger partial charge in [0.2, 0.25) is 0 Å². The van der Waals surface area contributed by atoms with Crippen LogP contribution in [0.2, 0.25) is 18.1 Å². The highest BCUT2D eigenvalue weighted by Crippen LogP contribution is 2.61. The van der Waals surface area contributed by atoms with Crippen molar-refractivity contribution in [2.75, 3.05) is 13.2 Å². The molecule has 266 valence electrons. The predicted octanol–water partition coefficient (Wildman–Crippen LogP) is 4.54. The van der Waals surface area contributed by atoms with E-state index < -0.39 is 91.5 Å². The van der Waals surface area contributed by atoms with Crippen LogP contribution in [0.3, 0.4) is 0 Å². The third-order valence-electron chi connectivity index (χ3n) is 11.3. The molecule has 2 aliphatic carbocycles. The van der Waals surface area contributed by atoms with Gasteiger partial charge in [-0.25, -0.2) is 4.79 Å². The van der Waals surface area contributed by atoms with Crippen LogP contribution < -0.4 is 0 Å². The number of esters is 3. The van der Waals surface area contributed by atoms with Crippen LogP contribution in [-0.2, 0) is 37.8 Å². The van der Waals surface area contributed by atoms with Crippen LogP contribution in [-0.4, -0.2) is 91.6 Å².